The molecular formula is C56H63NO5. The van der Waals surface area contributed by atoms with E-state index in [2.05, 4.69) is 76.3 Å². The Kier molecular flexibility index (Phi) is 9.09. The summed E-state index contributed by atoms with van der Waals surface area (Å²) in [5.41, 5.74) is 1.06. The lowest BCUT2D eigenvalue weighted by molar-refractivity contribution is -0.176. The van der Waals surface area contributed by atoms with Crippen molar-refractivity contribution in [1.29, 1.82) is 0 Å². The van der Waals surface area contributed by atoms with E-state index < -0.39 is 34.0 Å². The lowest BCUT2D eigenvalue weighted by atomic mass is 9.32. The number of ether oxygens (including phenoxy) is 1. The maximum absolute atomic E-state index is 15.3. The van der Waals surface area contributed by atoms with Crippen LogP contribution in [0.3, 0.4) is 0 Å². The summed E-state index contributed by atoms with van der Waals surface area (Å²) in [6.45, 7) is 10.3. The number of aliphatic hydroxyl groups is 2. The van der Waals surface area contributed by atoms with E-state index in [1.54, 1.807) is 0 Å². The summed E-state index contributed by atoms with van der Waals surface area (Å²) in [6, 6.07) is 32.3. The standard InChI is InChI=1S/C56H63NO5/c1-51(2)42-20-18-41(45(51)31-42)34-57(50(60)62-44-21-19-37-12-8-9-13-40(37)30-44)35-55(61)27-24-48-53(55,4)26-23-47-52(3)25-22-43(58)32-54(52)28-29-56(47,48)46(33-54)49(59)39-16-14-38(15-17-39)36-10-6-5-7-11-36/h5-17,19,21,28-30,33,41-43,45,47-48,58,61H,18,20,22-27,31-32,34-35H2,1-4H3/t41-,42-,43?,45-,47+,48+,52+,53-,54-,55+,56+/m0/s1. The van der Waals surface area contributed by atoms with Crippen LogP contribution in [0, 0.1) is 56.7 Å². The van der Waals surface area contributed by atoms with Crippen LogP contribution in [-0.4, -0.2) is 51.8 Å². The number of ketones is 1. The van der Waals surface area contributed by atoms with Gasteiger partial charge in [0, 0.05) is 33.9 Å². The molecule has 6 saturated carbocycles. The summed E-state index contributed by atoms with van der Waals surface area (Å²) in [6.07, 6.45) is 15.0. The number of hydrogen-bond donors (Lipinski definition) is 2. The molecule has 322 valence electrons. The second kappa shape index (κ2) is 14.0. The van der Waals surface area contributed by atoms with Gasteiger partial charge in [-0.15, -0.1) is 0 Å². The predicted molar refractivity (Wildman–Crippen MR) is 244 cm³/mol. The van der Waals surface area contributed by atoms with E-state index >= 15 is 4.79 Å². The van der Waals surface area contributed by atoms with E-state index in [9.17, 15) is 15.0 Å². The summed E-state index contributed by atoms with van der Waals surface area (Å²) < 4.78 is 6.29. The van der Waals surface area contributed by atoms with Gasteiger partial charge in [0.2, 0.25) is 0 Å². The number of allylic oxidation sites excluding steroid dienone is 4. The first-order chi connectivity index (χ1) is 29.7. The summed E-state index contributed by atoms with van der Waals surface area (Å²) in [5.74, 6) is 2.37. The third kappa shape index (κ3) is 5.67. The molecule has 6 heteroatoms. The van der Waals surface area contributed by atoms with Gasteiger partial charge in [0.1, 0.15) is 5.75 Å². The molecule has 4 aromatic carbocycles. The molecule has 13 rings (SSSR count). The number of hydrogen-bond acceptors (Lipinski definition) is 5. The van der Waals surface area contributed by atoms with Crippen molar-refractivity contribution in [2.24, 2.45) is 56.7 Å². The quantitative estimate of drug-likeness (QED) is 0.136. The first-order valence-electron chi connectivity index (χ1n) is 23.7. The number of carbonyl (C=O) groups is 2. The zero-order valence-electron chi connectivity index (χ0n) is 37.0. The fourth-order valence-electron chi connectivity index (χ4n) is 15.6. The monoisotopic (exact) mass is 829 g/mol. The molecule has 2 spiro atoms. The molecule has 4 bridgehead atoms. The molecule has 0 aromatic heterocycles. The van der Waals surface area contributed by atoms with Gasteiger partial charge in [-0.1, -0.05) is 131 Å². The second-order valence-electron chi connectivity index (χ2n) is 22.0. The Morgan fingerprint density at radius 1 is 0.742 bits per heavy atom. The van der Waals surface area contributed by atoms with Gasteiger partial charge < -0.3 is 19.8 Å². The van der Waals surface area contributed by atoms with Gasteiger partial charge in [-0.25, -0.2) is 4.79 Å². The molecule has 1 amide bonds. The number of carbonyl (C=O) groups excluding carboxylic acids is 2. The Bertz CT molecular complexity index is 2510. The molecule has 2 N–H and O–H groups in total. The minimum absolute atomic E-state index is 0.0184. The minimum atomic E-state index is -1.19. The van der Waals surface area contributed by atoms with E-state index in [4.69, 9.17) is 4.74 Å². The summed E-state index contributed by atoms with van der Waals surface area (Å²) >= 11 is 0. The van der Waals surface area contributed by atoms with Crippen molar-refractivity contribution in [1.82, 2.24) is 4.90 Å². The largest absolute Gasteiger partial charge is 0.415 e. The van der Waals surface area contributed by atoms with Crippen molar-refractivity contribution in [2.75, 3.05) is 13.1 Å². The van der Waals surface area contributed by atoms with E-state index in [0.29, 0.717) is 42.5 Å². The van der Waals surface area contributed by atoms with Gasteiger partial charge in [-0.3, -0.25) is 4.79 Å². The van der Waals surface area contributed by atoms with Crippen LogP contribution in [0.2, 0.25) is 0 Å². The Labute approximate surface area is 367 Å². The first-order valence-corrected chi connectivity index (χ1v) is 23.7. The van der Waals surface area contributed by atoms with Gasteiger partial charge in [0.05, 0.1) is 18.2 Å². The molecule has 6 nitrogen and oxygen atoms in total. The highest BCUT2D eigenvalue weighted by molar-refractivity contribution is 6.10. The number of benzene rings is 4. The summed E-state index contributed by atoms with van der Waals surface area (Å²) in [5, 5.41) is 26.8. The molecular weight excluding hydrogens is 767 g/mol. The van der Waals surface area contributed by atoms with Gasteiger partial charge in [0.25, 0.3) is 0 Å². The fourth-order valence-corrected chi connectivity index (χ4v) is 15.6. The molecule has 6 fully saturated rings. The predicted octanol–water partition coefficient (Wildman–Crippen LogP) is 11.9. The third-order valence-electron chi connectivity index (χ3n) is 19.3. The molecule has 0 radical (unpaired) electrons. The molecule has 9 aliphatic carbocycles. The highest BCUT2D eigenvalue weighted by Gasteiger charge is 2.74. The average molecular weight is 830 g/mol. The normalized spacial score (nSPS) is 38.3. The van der Waals surface area contributed by atoms with Gasteiger partial charge in [-0.05, 0) is 139 Å². The van der Waals surface area contributed by atoms with Crippen LogP contribution in [0.25, 0.3) is 21.9 Å². The Morgan fingerprint density at radius 2 is 1.44 bits per heavy atom. The van der Waals surface area contributed by atoms with Crippen molar-refractivity contribution < 1.29 is 24.5 Å². The zero-order valence-corrected chi connectivity index (χ0v) is 37.0. The average Bonchev–Trinajstić information content (AvgIpc) is 3.55. The van der Waals surface area contributed by atoms with Crippen LogP contribution in [0.4, 0.5) is 4.79 Å². The topological polar surface area (TPSA) is 87.1 Å². The molecule has 0 heterocycles. The van der Waals surface area contributed by atoms with Gasteiger partial charge in [0.15, 0.2) is 5.78 Å². The van der Waals surface area contributed by atoms with Crippen LogP contribution in [0.5, 0.6) is 5.75 Å². The van der Waals surface area contributed by atoms with Crippen LogP contribution in [0.15, 0.2) is 121 Å². The lowest BCUT2D eigenvalue weighted by Crippen LogP contribution is -2.67. The number of Topliss-reactive ketones (excluding diaryl/α,β-unsaturated/α-hetero) is 1. The third-order valence-corrected chi connectivity index (χ3v) is 19.3. The van der Waals surface area contributed by atoms with Crippen molar-refractivity contribution in [3.63, 3.8) is 0 Å². The molecule has 9 aliphatic rings. The Morgan fingerprint density at radius 3 is 2.19 bits per heavy atom. The van der Waals surface area contributed by atoms with Crippen molar-refractivity contribution >= 4 is 22.6 Å². The smallest absolute Gasteiger partial charge is 0.410 e. The van der Waals surface area contributed by atoms with E-state index in [0.717, 1.165) is 71.9 Å². The highest BCUT2D eigenvalue weighted by atomic mass is 16.6. The molecule has 11 atom stereocenters. The first kappa shape index (κ1) is 40.3. The van der Waals surface area contributed by atoms with Crippen molar-refractivity contribution in [3.8, 4) is 16.9 Å². The number of fused-ring (bicyclic) bond motifs is 4. The molecule has 62 heavy (non-hydrogen) atoms. The van der Waals surface area contributed by atoms with Gasteiger partial charge >= 0.3 is 6.09 Å². The number of amides is 1. The summed E-state index contributed by atoms with van der Waals surface area (Å²) in [7, 11) is 0. The minimum Gasteiger partial charge on any atom is -0.410 e. The second-order valence-corrected chi connectivity index (χ2v) is 22.0. The Balaban J connectivity index is 0.953. The molecule has 1 unspecified atom stereocenters. The number of nitrogens with zero attached hydrogens (tertiary/aromatic N) is 1. The van der Waals surface area contributed by atoms with Gasteiger partial charge in [-0.2, -0.15) is 0 Å². The van der Waals surface area contributed by atoms with Crippen LogP contribution in [0.1, 0.15) is 102 Å². The van der Waals surface area contributed by atoms with E-state index in [1.165, 1.54) is 12.8 Å². The lowest BCUT2D eigenvalue weighted by Gasteiger charge is -2.71. The van der Waals surface area contributed by atoms with Crippen LogP contribution in [-0.2, 0) is 0 Å². The highest BCUT2D eigenvalue weighted by Crippen LogP contribution is 2.78. The molecule has 4 aromatic rings. The molecule has 0 saturated heterocycles. The van der Waals surface area contributed by atoms with Crippen LogP contribution >= 0.6 is 0 Å². The SMILES string of the molecule is CC1(C)[C@H]2CC[C@@H](CN(C[C@]3(O)CC[C@H]4[C@]56C=C[C@@]7(C=C5C(=O)c5ccc(-c8ccccc8)cc5)CC(O)CC[C@]7(C)[C@H]6CC[C@@]43C)C(=O)Oc3ccc4ccccc4c3)[C@@H]1C2. The maximum atomic E-state index is 15.3. The van der Waals surface area contributed by atoms with E-state index in [-0.39, 0.29) is 35.0 Å². The molecule has 0 aliphatic heterocycles. The number of aliphatic hydroxyl groups excluding tert-OH is 1. The van der Waals surface area contributed by atoms with Crippen molar-refractivity contribution in [2.45, 2.75) is 104 Å². The number of rotatable bonds is 8. The van der Waals surface area contributed by atoms with Crippen molar-refractivity contribution in [3.05, 3.63) is 126 Å². The fraction of sp³-hybridized carbons (Fsp3) is 0.500. The van der Waals surface area contributed by atoms with Crippen LogP contribution < -0.4 is 4.74 Å². The maximum Gasteiger partial charge on any atom is 0.415 e. The van der Waals surface area contributed by atoms with E-state index in [1.807, 2.05) is 71.6 Å². The Hall–Kier alpha value is -4.52. The zero-order chi connectivity index (χ0) is 42.9. The summed E-state index contributed by atoms with van der Waals surface area (Å²) in [4.78, 5) is 31.9.